The summed E-state index contributed by atoms with van der Waals surface area (Å²) in [6.07, 6.45) is 2.40. The summed E-state index contributed by atoms with van der Waals surface area (Å²) in [5.41, 5.74) is 6.96. The zero-order valence-electron chi connectivity index (χ0n) is 21.1. The highest BCUT2D eigenvalue weighted by Gasteiger charge is 2.45. The molecular formula is C28H27N7O2. The van der Waals surface area contributed by atoms with Crippen LogP contribution in [-0.2, 0) is 16.9 Å². The summed E-state index contributed by atoms with van der Waals surface area (Å²) in [5, 5.41) is 17.5. The van der Waals surface area contributed by atoms with Gasteiger partial charge in [-0.05, 0) is 75.6 Å². The second kappa shape index (κ2) is 8.19. The molecule has 0 bridgehead atoms. The summed E-state index contributed by atoms with van der Waals surface area (Å²) < 4.78 is 1.80. The maximum atomic E-state index is 13.1. The number of nitrogens with one attached hydrogen (secondary N) is 3. The number of aromatic amines is 1. The summed E-state index contributed by atoms with van der Waals surface area (Å²) >= 11 is 0. The molecule has 2 aliphatic rings. The van der Waals surface area contributed by atoms with E-state index in [-0.39, 0.29) is 11.8 Å². The lowest BCUT2D eigenvalue weighted by Gasteiger charge is -2.32. The molecule has 9 heteroatoms. The summed E-state index contributed by atoms with van der Waals surface area (Å²) in [6.45, 7) is 7.78. The Morgan fingerprint density at radius 3 is 2.43 bits per heavy atom. The van der Waals surface area contributed by atoms with E-state index in [1.807, 2.05) is 82.3 Å². The van der Waals surface area contributed by atoms with E-state index < -0.39 is 5.66 Å². The molecule has 0 spiro atoms. The molecule has 4 heterocycles. The van der Waals surface area contributed by atoms with Crippen molar-refractivity contribution < 1.29 is 9.59 Å². The third-order valence-electron chi connectivity index (χ3n) is 6.87. The van der Waals surface area contributed by atoms with Gasteiger partial charge in [0, 0.05) is 29.2 Å². The first-order chi connectivity index (χ1) is 17.7. The molecule has 0 radical (unpaired) electrons. The molecule has 2 aromatic heterocycles. The molecule has 2 aliphatic heterocycles. The van der Waals surface area contributed by atoms with Crippen molar-refractivity contribution in [2.75, 3.05) is 15.5 Å². The minimum atomic E-state index is -0.590. The van der Waals surface area contributed by atoms with E-state index in [1.54, 1.807) is 15.8 Å². The number of aromatic nitrogens is 4. The molecule has 6 rings (SSSR count). The van der Waals surface area contributed by atoms with Crippen LogP contribution in [0.5, 0.6) is 0 Å². The van der Waals surface area contributed by atoms with Crippen LogP contribution in [0.2, 0.25) is 0 Å². The predicted octanol–water partition coefficient (Wildman–Crippen LogP) is 4.57. The average Bonchev–Trinajstić information content (AvgIpc) is 3.58. The number of H-pyrrole nitrogens is 1. The van der Waals surface area contributed by atoms with Gasteiger partial charge in [0.15, 0.2) is 0 Å². The number of benzene rings is 2. The molecule has 0 saturated heterocycles. The standard InChI is InChI=1S/C28H27N7O2/c1-16-12-25(32-31-16)29-15-22-21-14-19(7-10-23(21)30-26(22)36)13-18-5-8-20(9-6-18)34-27(37)24-11-17(2)33-35(24)28(34,3)4/h5-12,14-15H,13H2,1-4H3,(H,30,36)(H2,29,31,32)/b22-15-. The van der Waals surface area contributed by atoms with Gasteiger partial charge in [-0.1, -0.05) is 18.2 Å². The van der Waals surface area contributed by atoms with Crippen molar-refractivity contribution in [2.24, 2.45) is 0 Å². The number of hydrogen-bond acceptors (Lipinski definition) is 5. The summed E-state index contributed by atoms with van der Waals surface area (Å²) in [5.74, 6) is 0.529. The molecule has 37 heavy (non-hydrogen) atoms. The normalized spacial score (nSPS) is 16.8. The van der Waals surface area contributed by atoms with Crippen LogP contribution in [0, 0.1) is 13.8 Å². The molecule has 4 aromatic rings. The minimum absolute atomic E-state index is 0.0487. The van der Waals surface area contributed by atoms with Crippen molar-refractivity contribution in [3.05, 3.63) is 94.6 Å². The number of rotatable bonds is 5. The van der Waals surface area contributed by atoms with Gasteiger partial charge in [0.1, 0.15) is 17.2 Å². The van der Waals surface area contributed by atoms with Crippen LogP contribution in [0.25, 0.3) is 5.57 Å². The maximum absolute atomic E-state index is 13.1. The third kappa shape index (κ3) is 3.79. The van der Waals surface area contributed by atoms with Gasteiger partial charge in [-0.2, -0.15) is 10.2 Å². The fraction of sp³-hybridized carbons (Fsp3) is 0.214. The first kappa shape index (κ1) is 22.8. The lowest BCUT2D eigenvalue weighted by atomic mass is 9.99. The topological polar surface area (TPSA) is 108 Å². The van der Waals surface area contributed by atoms with Gasteiger partial charge in [0.2, 0.25) is 0 Å². The quantitative estimate of drug-likeness (QED) is 0.353. The Labute approximate surface area is 214 Å². The first-order valence-electron chi connectivity index (χ1n) is 12.1. The fourth-order valence-corrected chi connectivity index (χ4v) is 5.09. The molecular weight excluding hydrogens is 466 g/mol. The van der Waals surface area contributed by atoms with Gasteiger partial charge in [0.25, 0.3) is 11.8 Å². The molecule has 0 fully saturated rings. The Hall–Kier alpha value is -4.66. The molecule has 186 valence electrons. The molecule has 2 amide bonds. The minimum Gasteiger partial charge on any atom is -0.346 e. The zero-order valence-corrected chi connectivity index (χ0v) is 21.1. The van der Waals surface area contributed by atoms with Crippen molar-refractivity contribution in [2.45, 2.75) is 39.8 Å². The van der Waals surface area contributed by atoms with E-state index >= 15 is 0 Å². The van der Waals surface area contributed by atoms with Crippen LogP contribution < -0.4 is 15.5 Å². The van der Waals surface area contributed by atoms with E-state index in [0.29, 0.717) is 17.7 Å². The van der Waals surface area contributed by atoms with Crippen LogP contribution in [0.3, 0.4) is 0 Å². The van der Waals surface area contributed by atoms with E-state index in [1.165, 1.54) is 0 Å². The van der Waals surface area contributed by atoms with Gasteiger partial charge >= 0.3 is 0 Å². The summed E-state index contributed by atoms with van der Waals surface area (Å²) in [6, 6.07) is 17.8. The number of hydrogen-bond donors (Lipinski definition) is 3. The Bertz CT molecular complexity index is 1590. The van der Waals surface area contributed by atoms with E-state index in [4.69, 9.17) is 0 Å². The molecule has 0 unspecified atom stereocenters. The fourth-order valence-electron chi connectivity index (χ4n) is 5.09. The predicted molar refractivity (Wildman–Crippen MR) is 142 cm³/mol. The van der Waals surface area contributed by atoms with E-state index in [9.17, 15) is 9.59 Å². The van der Waals surface area contributed by atoms with E-state index in [0.717, 1.165) is 45.3 Å². The number of amides is 2. The van der Waals surface area contributed by atoms with Gasteiger partial charge in [-0.25, -0.2) is 4.68 Å². The number of carbonyl (C=O) groups is 2. The highest BCUT2D eigenvalue weighted by atomic mass is 16.2. The Balaban J connectivity index is 1.22. The number of nitrogens with zero attached hydrogens (tertiary/aromatic N) is 4. The van der Waals surface area contributed by atoms with Crippen LogP contribution in [0.1, 0.15) is 52.4 Å². The summed E-state index contributed by atoms with van der Waals surface area (Å²) in [7, 11) is 0. The third-order valence-corrected chi connectivity index (χ3v) is 6.87. The van der Waals surface area contributed by atoms with Crippen LogP contribution in [0.4, 0.5) is 17.2 Å². The zero-order chi connectivity index (χ0) is 25.9. The lowest BCUT2D eigenvalue weighted by Crippen LogP contribution is -2.43. The van der Waals surface area contributed by atoms with Crippen LogP contribution in [0.15, 0.2) is 60.8 Å². The van der Waals surface area contributed by atoms with Crippen LogP contribution in [-0.4, -0.2) is 31.8 Å². The Kier molecular flexibility index (Phi) is 5.04. The molecule has 0 atom stereocenters. The Morgan fingerprint density at radius 1 is 0.973 bits per heavy atom. The molecule has 2 aromatic carbocycles. The maximum Gasteiger partial charge on any atom is 0.278 e. The first-order valence-corrected chi connectivity index (χ1v) is 12.1. The smallest absolute Gasteiger partial charge is 0.278 e. The molecule has 0 saturated carbocycles. The highest BCUT2D eigenvalue weighted by Crippen LogP contribution is 2.37. The molecule has 0 aliphatic carbocycles. The Morgan fingerprint density at radius 2 is 1.73 bits per heavy atom. The average molecular weight is 494 g/mol. The number of aryl methyl sites for hydroxylation is 2. The van der Waals surface area contributed by atoms with Crippen molar-refractivity contribution in [3.8, 4) is 0 Å². The van der Waals surface area contributed by atoms with Gasteiger partial charge in [-0.15, -0.1) is 0 Å². The summed E-state index contributed by atoms with van der Waals surface area (Å²) in [4.78, 5) is 27.5. The largest absolute Gasteiger partial charge is 0.346 e. The number of anilines is 3. The number of carbonyl (C=O) groups excluding carboxylic acids is 2. The SMILES string of the molecule is Cc1cc(N/C=C2\C(=O)Nc3ccc(Cc4ccc(N5C(=O)c6cc(C)nn6C5(C)C)cc4)cc32)[nH]n1. The molecule has 9 nitrogen and oxygen atoms in total. The number of fused-ring (bicyclic) bond motifs is 2. The second-order valence-electron chi connectivity index (χ2n) is 10.0. The van der Waals surface area contributed by atoms with Gasteiger partial charge in [0.05, 0.1) is 17.0 Å². The van der Waals surface area contributed by atoms with Crippen molar-refractivity contribution in [3.63, 3.8) is 0 Å². The monoisotopic (exact) mass is 493 g/mol. The van der Waals surface area contributed by atoms with Crippen molar-refractivity contribution in [1.82, 2.24) is 20.0 Å². The highest BCUT2D eigenvalue weighted by molar-refractivity contribution is 6.31. The van der Waals surface area contributed by atoms with Crippen molar-refractivity contribution in [1.29, 1.82) is 0 Å². The van der Waals surface area contributed by atoms with Gasteiger partial charge in [-0.3, -0.25) is 19.6 Å². The van der Waals surface area contributed by atoms with E-state index in [2.05, 4.69) is 25.9 Å². The second-order valence-corrected chi connectivity index (χ2v) is 10.0. The molecule has 3 N–H and O–H groups in total. The lowest BCUT2D eigenvalue weighted by molar-refractivity contribution is -0.110. The van der Waals surface area contributed by atoms with Gasteiger partial charge < -0.3 is 10.6 Å². The van der Waals surface area contributed by atoms with Crippen molar-refractivity contribution >= 4 is 34.6 Å². The van der Waals surface area contributed by atoms with Crippen LogP contribution >= 0.6 is 0 Å².